The maximum absolute atomic E-state index is 14.9. The lowest BCUT2D eigenvalue weighted by Gasteiger charge is -2.46. The monoisotopic (exact) mass is 997 g/mol. The number of aromatic nitrogens is 5. The first-order chi connectivity index (χ1) is 35.4. The van der Waals surface area contributed by atoms with Crippen LogP contribution in [0.3, 0.4) is 0 Å². The maximum Gasteiger partial charge on any atom is 0.329 e. The minimum atomic E-state index is -0.793. The van der Waals surface area contributed by atoms with E-state index in [1.807, 2.05) is 55.3 Å². The number of pyridine rings is 2. The Kier molecular flexibility index (Phi) is 15.4. The highest BCUT2D eigenvalue weighted by Gasteiger charge is 2.40. The molecule has 0 spiro atoms. The Bertz CT molecular complexity index is 3030. The molecule has 0 saturated carbocycles. The Morgan fingerprint density at radius 2 is 1.68 bits per heavy atom. The summed E-state index contributed by atoms with van der Waals surface area (Å²) in [6, 6.07) is 16.4. The van der Waals surface area contributed by atoms with Gasteiger partial charge < -0.3 is 25.2 Å². The van der Waals surface area contributed by atoms with Gasteiger partial charge in [-0.15, -0.1) is 0 Å². The molecule has 0 unspecified atom stereocenters. The number of urea groups is 1. The molecule has 0 bridgehead atoms. The predicted molar refractivity (Wildman–Crippen MR) is 272 cm³/mol. The summed E-state index contributed by atoms with van der Waals surface area (Å²) >= 11 is 0. The van der Waals surface area contributed by atoms with E-state index in [1.165, 1.54) is 11.1 Å². The summed E-state index contributed by atoms with van der Waals surface area (Å²) in [7, 11) is 1.84. The average molecular weight is 998 g/mol. The number of piperazine rings is 1. The molecule has 0 aliphatic carbocycles. The lowest BCUT2D eigenvalue weighted by Crippen LogP contribution is -2.62. The Hall–Kier alpha value is -7.66. The van der Waals surface area contributed by atoms with Crippen LogP contribution in [0.2, 0.25) is 0 Å². The van der Waals surface area contributed by atoms with Gasteiger partial charge in [0.1, 0.15) is 29.3 Å². The van der Waals surface area contributed by atoms with Gasteiger partial charge in [0.2, 0.25) is 11.8 Å². The first-order valence-corrected chi connectivity index (χ1v) is 25.3. The largest absolute Gasteiger partial charge is 0.492 e. The van der Waals surface area contributed by atoms with Gasteiger partial charge in [-0.1, -0.05) is 25.7 Å². The van der Waals surface area contributed by atoms with E-state index in [2.05, 4.69) is 42.0 Å². The molecule has 3 aliphatic rings. The van der Waals surface area contributed by atoms with Crippen LogP contribution in [-0.4, -0.2) is 129 Å². The van der Waals surface area contributed by atoms with Gasteiger partial charge in [0, 0.05) is 107 Å². The van der Waals surface area contributed by atoms with Crippen LogP contribution in [-0.2, 0) is 16.6 Å². The van der Waals surface area contributed by atoms with Gasteiger partial charge in [-0.3, -0.25) is 34.2 Å². The topological polar surface area (TPSA) is 198 Å². The van der Waals surface area contributed by atoms with E-state index in [4.69, 9.17) is 9.72 Å². The van der Waals surface area contributed by atoms with Gasteiger partial charge in [-0.05, 0) is 87.2 Å². The normalized spacial score (nSPS) is 16.2. The second kappa shape index (κ2) is 22.4. The number of benzene rings is 2. The van der Waals surface area contributed by atoms with Crippen LogP contribution < -0.4 is 30.5 Å². The molecule has 5 amide bonds. The zero-order chi connectivity index (χ0) is 51.1. The summed E-state index contributed by atoms with van der Waals surface area (Å²) in [4.78, 5) is 63.7. The lowest BCUT2D eigenvalue weighted by atomic mass is 9.86. The molecular formula is C53H61F2N13O5. The zero-order valence-electron chi connectivity index (χ0n) is 41.3. The molecule has 3 fully saturated rings. The summed E-state index contributed by atoms with van der Waals surface area (Å²) in [6.07, 6.45) is 12.8. The number of unbranched alkanes of at least 4 members (excludes halogenated alkanes) is 5. The molecule has 2 aromatic carbocycles. The highest BCUT2D eigenvalue weighted by molar-refractivity contribution is 6.09. The fourth-order valence-electron chi connectivity index (χ4n) is 10.2. The minimum absolute atomic E-state index is 0.147. The van der Waals surface area contributed by atoms with Gasteiger partial charge in [-0.2, -0.15) is 15.5 Å². The fourth-order valence-corrected chi connectivity index (χ4v) is 10.2. The number of hydrogen-bond donors (Lipinski definition) is 3. The number of aryl methyl sites for hydroxylation is 1. The average Bonchev–Trinajstić information content (AvgIpc) is 3.96. The van der Waals surface area contributed by atoms with E-state index >= 15 is 0 Å². The third-order valence-electron chi connectivity index (χ3n) is 14.2. The number of imide groups is 1. The molecule has 20 heteroatoms. The number of hydrogen-bond acceptors (Lipinski definition) is 12. The van der Waals surface area contributed by atoms with E-state index in [9.17, 15) is 33.2 Å². The Morgan fingerprint density at radius 1 is 0.904 bits per heavy atom. The summed E-state index contributed by atoms with van der Waals surface area (Å²) in [5.41, 5.74) is 3.41. The first kappa shape index (κ1) is 50.3. The number of anilines is 3. The SMILES string of the molecule is CCOc1cc(-c2ccc(N3CCC(CN4CCN(C(=O)CCCCCCCCNc5ccc6c(N7CCC(=O)NC7=O)nn(C)c6c5)CC4)(NC(=O)c4cc(F)ccc4F)CC3)nc2)c2c(C#N)cnn2c1. The number of ether oxygens (including phenoxy) is 1. The number of carbonyl (C=O) groups excluding carboxylic acids is 4. The Morgan fingerprint density at radius 3 is 2.42 bits per heavy atom. The van der Waals surface area contributed by atoms with Crippen molar-refractivity contribution in [3.8, 4) is 22.9 Å². The molecule has 18 nitrogen and oxygen atoms in total. The molecule has 0 atom stereocenters. The van der Waals surface area contributed by atoms with Crippen molar-refractivity contribution in [2.24, 2.45) is 7.05 Å². The van der Waals surface area contributed by atoms with Crippen molar-refractivity contribution in [3.05, 3.63) is 95.9 Å². The van der Waals surface area contributed by atoms with Crippen molar-refractivity contribution in [3.63, 3.8) is 0 Å². The van der Waals surface area contributed by atoms with Crippen LogP contribution in [0.1, 0.15) is 87.1 Å². The Labute approximate surface area is 422 Å². The van der Waals surface area contributed by atoms with Crippen molar-refractivity contribution in [2.45, 2.75) is 76.7 Å². The van der Waals surface area contributed by atoms with Crippen molar-refractivity contribution in [1.29, 1.82) is 5.26 Å². The zero-order valence-corrected chi connectivity index (χ0v) is 41.3. The molecule has 7 heterocycles. The fraction of sp³-hybridized carbons (Fsp3) is 0.434. The standard InChI is InChI=1S/C53H61F2N13O5/c1-3-73-40-30-42(49-37(31-56)33-59-68(49)34-40)36-11-16-46(58-32-36)65-22-18-53(19-23-65,61-51(71)43-28-38(54)12-15-44(43)55)35-64-24-26-66(27-25-64)48(70)10-8-6-4-5-7-9-20-57-39-13-14-41-45(29-39)63(2)62-50(41)67-21-17-47(69)60-52(67)72/h11-16,28-30,32-34,57H,3-10,17-27,35H2,1-2H3,(H,61,71)(H,60,69,72). The molecule has 3 saturated heterocycles. The molecule has 3 aliphatic heterocycles. The van der Waals surface area contributed by atoms with Crippen LogP contribution in [0.15, 0.2) is 73.2 Å². The smallest absolute Gasteiger partial charge is 0.329 e. The molecule has 0 radical (unpaired) electrons. The molecule has 6 aromatic rings. The third-order valence-corrected chi connectivity index (χ3v) is 14.2. The highest BCUT2D eigenvalue weighted by atomic mass is 19.1. The summed E-state index contributed by atoms with van der Waals surface area (Å²) in [6.45, 7) is 7.43. The van der Waals surface area contributed by atoms with E-state index in [0.29, 0.717) is 101 Å². The number of piperidine rings is 1. The van der Waals surface area contributed by atoms with Crippen LogP contribution >= 0.6 is 0 Å². The van der Waals surface area contributed by atoms with E-state index in [1.54, 1.807) is 21.6 Å². The van der Waals surface area contributed by atoms with Gasteiger partial charge in [0.05, 0.1) is 46.7 Å². The molecule has 73 heavy (non-hydrogen) atoms. The van der Waals surface area contributed by atoms with Crippen LogP contribution in [0.4, 0.5) is 30.9 Å². The van der Waals surface area contributed by atoms with E-state index in [0.717, 1.165) is 96.8 Å². The number of fused-ring (bicyclic) bond motifs is 2. The van der Waals surface area contributed by atoms with Gasteiger partial charge in [-0.25, -0.2) is 23.1 Å². The minimum Gasteiger partial charge on any atom is -0.492 e. The van der Waals surface area contributed by atoms with Crippen molar-refractivity contribution < 1.29 is 32.7 Å². The maximum atomic E-state index is 14.9. The predicted octanol–water partition coefficient (Wildman–Crippen LogP) is 7.03. The molecule has 9 rings (SSSR count). The molecule has 4 aromatic heterocycles. The third kappa shape index (κ3) is 11.5. The number of nitriles is 1. The van der Waals surface area contributed by atoms with Crippen LogP contribution in [0, 0.1) is 23.0 Å². The van der Waals surface area contributed by atoms with Crippen molar-refractivity contribution >= 4 is 57.5 Å². The number of halogens is 2. The summed E-state index contributed by atoms with van der Waals surface area (Å²) < 4.78 is 38.3. The second-order valence-electron chi connectivity index (χ2n) is 19.1. The van der Waals surface area contributed by atoms with Gasteiger partial charge in [0.25, 0.3) is 5.91 Å². The van der Waals surface area contributed by atoms with Crippen LogP contribution in [0.5, 0.6) is 5.75 Å². The molecule has 382 valence electrons. The van der Waals surface area contributed by atoms with Crippen LogP contribution in [0.25, 0.3) is 27.5 Å². The van der Waals surface area contributed by atoms with Gasteiger partial charge >= 0.3 is 6.03 Å². The molecular weight excluding hydrogens is 937 g/mol. The van der Waals surface area contributed by atoms with Crippen molar-refractivity contribution in [1.82, 2.24) is 44.8 Å². The second-order valence-corrected chi connectivity index (χ2v) is 19.1. The number of nitrogens with zero attached hydrogens (tertiary/aromatic N) is 10. The van der Waals surface area contributed by atoms with Gasteiger partial charge in [0.15, 0.2) is 5.82 Å². The highest BCUT2D eigenvalue weighted by Crippen LogP contribution is 2.34. The quantitative estimate of drug-likeness (QED) is 0.0702. The lowest BCUT2D eigenvalue weighted by molar-refractivity contribution is -0.133. The first-order valence-electron chi connectivity index (χ1n) is 25.3. The number of nitrogens with one attached hydrogen (secondary N) is 3. The summed E-state index contributed by atoms with van der Waals surface area (Å²) in [5.74, 6) is -0.394. The number of rotatable bonds is 19. The van der Waals surface area contributed by atoms with Crippen molar-refractivity contribution in [2.75, 3.05) is 80.6 Å². The Balaban J connectivity index is 0.726. The summed E-state index contributed by atoms with van der Waals surface area (Å²) in [5, 5.41) is 28.5. The number of amides is 5. The van der Waals surface area contributed by atoms with E-state index < -0.39 is 29.1 Å². The van der Waals surface area contributed by atoms with E-state index in [-0.39, 0.29) is 23.8 Å². The number of carbonyl (C=O) groups is 4. The molecule has 3 N–H and O–H groups in total.